The Morgan fingerprint density at radius 3 is 2.46 bits per heavy atom. The fourth-order valence-corrected chi connectivity index (χ4v) is 2.95. The second kappa shape index (κ2) is 6.04. The van der Waals surface area contributed by atoms with E-state index in [4.69, 9.17) is 13.6 Å². The van der Waals surface area contributed by atoms with Crippen LogP contribution in [0.4, 0.5) is 0 Å². The molecule has 0 atom stereocenters. The topological polar surface area (TPSA) is 61.3 Å². The molecule has 0 radical (unpaired) electrons. The van der Waals surface area contributed by atoms with Crippen LogP contribution in [-0.2, 0) is 6.61 Å². The van der Waals surface area contributed by atoms with Crippen molar-refractivity contribution in [2.24, 2.45) is 0 Å². The van der Waals surface area contributed by atoms with Crippen LogP contribution < -0.4 is 4.74 Å². The van der Waals surface area contributed by atoms with Gasteiger partial charge < -0.3 is 13.6 Å². The summed E-state index contributed by atoms with van der Waals surface area (Å²) in [6, 6.07) is 23.4. The highest BCUT2D eigenvalue weighted by atomic mass is 16.5. The Labute approximate surface area is 148 Å². The molecule has 0 aliphatic rings. The molecular weight excluding hydrogens is 328 g/mol. The molecule has 0 amide bonds. The number of aromatic nitrogens is 2. The molecule has 5 heteroatoms. The summed E-state index contributed by atoms with van der Waals surface area (Å²) in [5.41, 5.74) is 2.59. The zero-order valence-electron chi connectivity index (χ0n) is 13.8. The Kier molecular flexibility index (Phi) is 3.42. The first-order chi connectivity index (χ1) is 12.9. The van der Waals surface area contributed by atoms with Crippen molar-refractivity contribution in [2.75, 3.05) is 0 Å². The predicted molar refractivity (Wildman–Crippen MR) is 97.8 cm³/mol. The molecule has 0 bridgehead atoms. The Balaban J connectivity index is 1.38. The minimum Gasteiger partial charge on any atom is -0.484 e. The van der Waals surface area contributed by atoms with Gasteiger partial charge in [0, 0.05) is 16.3 Å². The third-order valence-electron chi connectivity index (χ3n) is 4.20. The predicted octanol–water partition coefficient (Wildman–Crippen LogP) is 5.22. The molecule has 0 aliphatic carbocycles. The summed E-state index contributed by atoms with van der Waals surface area (Å²) >= 11 is 0. The Hall–Kier alpha value is -3.60. The van der Waals surface area contributed by atoms with Gasteiger partial charge in [0.1, 0.15) is 16.9 Å². The number of nitrogens with zero attached hydrogens (tertiary/aromatic N) is 2. The first-order valence-electron chi connectivity index (χ1n) is 8.29. The van der Waals surface area contributed by atoms with Gasteiger partial charge in [-0.05, 0) is 36.4 Å². The largest absolute Gasteiger partial charge is 0.484 e. The van der Waals surface area contributed by atoms with Gasteiger partial charge in [0.2, 0.25) is 5.89 Å². The van der Waals surface area contributed by atoms with Crippen LogP contribution in [0.15, 0.2) is 81.6 Å². The van der Waals surface area contributed by atoms with Crippen LogP contribution in [0, 0.1) is 0 Å². The van der Waals surface area contributed by atoms with Crippen molar-refractivity contribution in [3.63, 3.8) is 0 Å². The third kappa shape index (κ3) is 2.59. The van der Waals surface area contributed by atoms with Crippen molar-refractivity contribution in [1.29, 1.82) is 0 Å². The van der Waals surface area contributed by atoms with E-state index in [0.29, 0.717) is 11.8 Å². The lowest BCUT2D eigenvalue weighted by Gasteiger charge is -2.03. The van der Waals surface area contributed by atoms with Gasteiger partial charge in [-0.1, -0.05) is 36.4 Å². The smallest absolute Gasteiger partial charge is 0.254 e. The molecule has 5 rings (SSSR count). The fourth-order valence-electron chi connectivity index (χ4n) is 2.95. The quantitative estimate of drug-likeness (QED) is 0.448. The van der Waals surface area contributed by atoms with Crippen LogP contribution in [0.1, 0.15) is 5.89 Å². The molecule has 0 saturated heterocycles. The molecular formula is C21H14N2O3. The normalized spacial score (nSPS) is 11.2. The summed E-state index contributed by atoms with van der Waals surface area (Å²) in [4.78, 5) is 0. The zero-order chi connectivity index (χ0) is 17.3. The Morgan fingerprint density at radius 2 is 1.54 bits per heavy atom. The van der Waals surface area contributed by atoms with Gasteiger partial charge in [-0.3, -0.25) is 0 Å². The maximum atomic E-state index is 5.83. The SMILES string of the molecule is c1ccc(-c2nnc(COc3ccc4oc5ccccc5c4c3)o2)cc1. The number of para-hydroxylation sites is 1. The molecule has 126 valence electrons. The monoisotopic (exact) mass is 342 g/mol. The fraction of sp³-hybridized carbons (Fsp3) is 0.0476. The van der Waals surface area contributed by atoms with Crippen LogP contribution >= 0.6 is 0 Å². The van der Waals surface area contributed by atoms with Gasteiger partial charge in [0.15, 0.2) is 6.61 Å². The molecule has 3 aromatic carbocycles. The molecule has 26 heavy (non-hydrogen) atoms. The second-order valence-corrected chi connectivity index (χ2v) is 5.91. The van der Waals surface area contributed by atoms with Gasteiger partial charge in [0.05, 0.1) is 0 Å². The average Bonchev–Trinajstić information content (AvgIpc) is 3.31. The minimum atomic E-state index is 0.209. The first kappa shape index (κ1) is 14.7. The lowest BCUT2D eigenvalue weighted by Crippen LogP contribution is -1.95. The molecule has 5 nitrogen and oxygen atoms in total. The van der Waals surface area contributed by atoms with E-state index in [9.17, 15) is 0 Å². The molecule has 0 N–H and O–H groups in total. The van der Waals surface area contributed by atoms with Gasteiger partial charge in [-0.15, -0.1) is 10.2 Å². The molecule has 0 spiro atoms. The van der Waals surface area contributed by atoms with E-state index in [0.717, 1.165) is 33.3 Å². The van der Waals surface area contributed by atoms with E-state index in [1.807, 2.05) is 72.8 Å². The van der Waals surface area contributed by atoms with Crippen molar-refractivity contribution in [3.05, 3.63) is 78.7 Å². The highest BCUT2D eigenvalue weighted by molar-refractivity contribution is 6.05. The molecule has 5 aromatic rings. The maximum Gasteiger partial charge on any atom is 0.254 e. The lowest BCUT2D eigenvalue weighted by atomic mass is 10.1. The molecule has 2 aromatic heterocycles. The van der Waals surface area contributed by atoms with Gasteiger partial charge in [-0.2, -0.15) is 0 Å². The molecule has 0 fully saturated rings. The number of fused-ring (bicyclic) bond motifs is 3. The maximum absolute atomic E-state index is 5.83. The summed E-state index contributed by atoms with van der Waals surface area (Å²) in [7, 11) is 0. The van der Waals surface area contributed by atoms with Crippen molar-refractivity contribution in [2.45, 2.75) is 6.61 Å². The number of furan rings is 1. The average molecular weight is 342 g/mol. The summed E-state index contributed by atoms with van der Waals surface area (Å²) in [5, 5.41) is 10.2. The summed E-state index contributed by atoms with van der Waals surface area (Å²) < 4.78 is 17.3. The van der Waals surface area contributed by atoms with Gasteiger partial charge in [0.25, 0.3) is 5.89 Å². The van der Waals surface area contributed by atoms with Crippen LogP contribution in [0.2, 0.25) is 0 Å². The molecule has 0 unspecified atom stereocenters. The van der Waals surface area contributed by atoms with Gasteiger partial charge in [-0.25, -0.2) is 0 Å². The van der Waals surface area contributed by atoms with Crippen molar-refractivity contribution in [3.8, 4) is 17.2 Å². The summed E-state index contributed by atoms with van der Waals surface area (Å²) in [6.07, 6.45) is 0. The zero-order valence-corrected chi connectivity index (χ0v) is 13.8. The number of hydrogen-bond donors (Lipinski definition) is 0. The molecule has 0 aliphatic heterocycles. The third-order valence-corrected chi connectivity index (χ3v) is 4.20. The molecule has 2 heterocycles. The van der Waals surface area contributed by atoms with E-state index in [2.05, 4.69) is 10.2 Å². The first-order valence-corrected chi connectivity index (χ1v) is 8.29. The van der Waals surface area contributed by atoms with E-state index in [1.54, 1.807) is 0 Å². The van der Waals surface area contributed by atoms with Crippen molar-refractivity contribution < 1.29 is 13.6 Å². The van der Waals surface area contributed by atoms with Crippen LogP contribution in [0.5, 0.6) is 5.75 Å². The highest BCUT2D eigenvalue weighted by Crippen LogP contribution is 2.31. The van der Waals surface area contributed by atoms with E-state index >= 15 is 0 Å². The molecule has 0 saturated carbocycles. The van der Waals surface area contributed by atoms with E-state index in [1.165, 1.54) is 0 Å². The van der Waals surface area contributed by atoms with Crippen LogP contribution in [-0.4, -0.2) is 10.2 Å². The highest BCUT2D eigenvalue weighted by Gasteiger charge is 2.10. The number of hydrogen-bond acceptors (Lipinski definition) is 5. The number of rotatable bonds is 4. The lowest BCUT2D eigenvalue weighted by molar-refractivity contribution is 0.265. The summed E-state index contributed by atoms with van der Waals surface area (Å²) in [6.45, 7) is 0.209. The minimum absolute atomic E-state index is 0.209. The van der Waals surface area contributed by atoms with Crippen LogP contribution in [0.3, 0.4) is 0 Å². The second-order valence-electron chi connectivity index (χ2n) is 5.91. The van der Waals surface area contributed by atoms with Crippen LogP contribution in [0.25, 0.3) is 33.4 Å². The standard InChI is InChI=1S/C21H14N2O3/c1-2-6-14(7-3-1)21-23-22-20(26-21)13-24-15-10-11-19-17(12-15)16-8-4-5-9-18(16)25-19/h1-12H,13H2. The van der Waals surface area contributed by atoms with Crippen molar-refractivity contribution in [1.82, 2.24) is 10.2 Å². The number of ether oxygens (including phenoxy) is 1. The van der Waals surface area contributed by atoms with Gasteiger partial charge >= 0.3 is 0 Å². The van der Waals surface area contributed by atoms with E-state index < -0.39 is 0 Å². The summed E-state index contributed by atoms with van der Waals surface area (Å²) in [5.74, 6) is 1.64. The number of benzene rings is 3. The van der Waals surface area contributed by atoms with Crippen molar-refractivity contribution >= 4 is 21.9 Å². The van der Waals surface area contributed by atoms with E-state index in [-0.39, 0.29) is 6.61 Å². The Morgan fingerprint density at radius 1 is 0.731 bits per heavy atom. The Bertz CT molecular complexity index is 1190.